The highest BCUT2D eigenvalue weighted by molar-refractivity contribution is 7.92. The summed E-state index contributed by atoms with van der Waals surface area (Å²) in [5.74, 6) is -0.495. The van der Waals surface area contributed by atoms with Crippen LogP contribution in [0.2, 0.25) is 0 Å². The SMILES string of the molecule is COc1ccc(S(=O)(=O)Nc2ccccc2C(=O)Nc2nnc(-c3ccc(F)cc3)o2)cc1. The lowest BCUT2D eigenvalue weighted by Crippen LogP contribution is -2.18. The molecule has 0 aliphatic heterocycles. The summed E-state index contributed by atoms with van der Waals surface area (Å²) in [6.07, 6.45) is 0. The molecule has 0 fully saturated rings. The van der Waals surface area contributed by atoms with Crippen molar-refractivity contribution in [3.05, 3.63) is 84.2 Å². The van der Waals surface area contributed by atoms with Crippen LogP contribution in [0.3, 0.4) is 0 Å². The van der Waals surface area contributed by atoms with E-state index in [1.165, 1.54) is 67.8 Å². The summed E-state index contributed by atoms with van der Waals surface area (Å²) in [5.41, 5.74) is 0.567. The Morgan fingerprint density at radius 3 is 2.36 bits per heavy atom. The lowest BCUT2D eigenvalue weighted by molar-refractivity contribution is 0.102. The van der Waals surface area contributed by atoms with Crippen molar-refractivity contribution in [1.29, 1.82) is 0 Å². The van der Waals surface area contributed by atoms with Gasteiger partial charge in [0.1, 0.15) is 11.6 Å². The molecule has 33 heavy (non-hydrogen) atoms. The van der Waals surface area contributed by atoms with E-state index in [0.717, 1.165) is 0 Å². The average Bonchev–Trinajstić information content (AvgIpc) is 3.28. The van der Waals surface area contributed by atoms with Crippen molar-refractivity contribution in [1.82, 2.24) is 10.2 Å². The first-order valence-corrected chi connectivity index (χ1v) is 11.0. The number of halogens is 1. The molecule has 0 aliphatic rings. The largest absolute Gasteiger partial charge is 0.497 e. The van der Waals surface area contributed by atoms with Crippen molar-refractivity contribution in [2.24, 2.45) is 0 Å². The maximum Gasteiger partial charge on any atom is 0.322 e. The van der Waals surface area contributed by atoms with Crippen LogP contribution in [0, 0.1) is 5.82 Å². The van der Waals surface area contributed by atoms with Crippen LogP contribution in [0.5, 0.6) is 5.75 Å². The van der Waals surface area contributed by atoms with Gasteiger partial charge in [0.05, 0.1) is 23.3 Å². The van der Waals surface area contributed by atoms with E-state index in [9.17, 15) is 17.6 Å². The summed E-state index contributed by atoms with van der Waals surface area (Å²) in [5, 5.41) is 10.0. The molecule has 0 saturated heterocycles. The first kappa shape index (κ1) is 22.0. The van der Waals surface area contributed by atoms with E-state index in [1.54, 1.807) is 12.1 Å². The van der Waals surface area contributed by atoms with Gasteiger partial charge in [-0.2, -0.15) is 0 Å². The van der Waals surface area contributed by atoms with Crippen molar-refractivity contribution >= 4 is 27.6 Å². The van der Waals surface area contributed by atoms with Crippen molar-refractivity contribution in [3.8, 4) is 17.2 Å². The fraction of sp³-hybridized carbons (Fsp3) is 0.0455. The molecule has 0 saturated carbocycles. The highest BCUT2D eigenvalue weighted by Gasteiger charge is 2.20. The second kappa shape index (κ2) is 9.09. The van der Waals surface area contributed by atoms with Gasteiger partial charge in [0.15, 0.2) is 0 Å². The molecule has 9 nitrogen and oxygen atoms in total. The number of ether oxygens (including phenoxy) is 1. The molecule has 0 radical (unpaired) electrons. The molecule has 11 heteroatoms. The molecule has 0 bridgehead atoms. The van der Waals surface area contributed by atoms with E-state index >= 15 is 0 Å². The highest BCUT2D eigenvalue weighted by Crippen LogP contribution is 2.24. The number of rotatable bonds is 7. The first-order chi connectivity index (χ1) is 15.9. The molecule has 2 N–H and O–H groups in total. The number of benzene rings is 3. The number of carbonyl (C=O) groups is 1. The molecule has 0 atom stereocenters. The summed E-state index contributed by atoms with van der Waals surface area (Å²) in [7, 11) is -2.50. The maximum absolute atomic E-state index is 13.1. The second-order valence-electron chi connectivity index (χ2n) is 6.70. The molecule has 4 rings (SSSR count). The van der Waals surface area contributed by atoms with E-state index in [1.807, 2.05) is 0 Å². The molecule has 3 aromatic carbocycles. The molecule has 4 aromatic rings. The van der Waals surface area contributed by atoms with Crippen LogP contribution in [0.4, 0.5) is 16.1 Å². The van der Waals surface area contributed by atoms with Crippen LogP contribution in [0.1, 0.15) is 10.4 Å². The van der Waals surface area contributed by atoms with Gasteiger partial charge in [0.2, 0.25) is 5.89 Å². The highest BCUT2D eigenvalue weighted by atomic mass is 32.2. The topological polar surface area (TPSA) is 123 Å². The van der Waals surface area contributed by atoms with Gasteiger partial charge in [-0.3, -0.25) is 14.8 Å². The van der Waals surface area contributed by atoms with Gasteiger partial charge in [-0.15, -0.1) is 5.10 Å². The van der Waals surface area contributed by atoms with Crippen LogP contribution in [0.15, 0.2) is 82.1 Å². The number of anilines is 2. The van der Waals surface area contributed by atoms with E-state index in [-0.39, 0.29) is 28.1 Å². The summed E-state index contributed by atoms with van der Waals surface area (Å²) in [6.45, 7) is 0. The average molecular weight is 468 g/mol. The van der Waals surface area contributed by atoms with E-state index in [4.69, 9.17) is 9.15 Å². The van der Waals surface area contributed by atoms with Crippen LogP contribution in [-0.4, -0.2) is 31.6 Å². The van der Waals surface area contributed by atoms with Crippen LogP contribution >= 0.6 is 0 Å². The molecule has 1 amide bonds. The molecule has 0 aliphatic carbocycles. The minimum atomic E-state index is -3.97. The second-order valence-corrected chi connectivity index (χ2v) is 8.38. The van der Waals surface area contributed by atoms with Crippen molar-refractivity contribution in [3.63, 3.8) is 0 Å². The number of amides is 1. The van der Waals surface area contributed by atoms with Crippen LogP contribution in [0.25, 0.3) is 11.5 Å². The Bertz CT molecular complexity index is 1390. The standard InChI is InChI=1S/C22H17FN4O5S/c1-31-16-10-12-17(13-11-16)33(29,30)27-19-5-3-2-4-18(19)20(28)24-22-26-25-21(32-22)14-6-8-15(23)9-7-14/h2-13,27H,1H3,(H,24,26,28). The Morgan fingerprint density at radius 2 is 1.67 bits per heavy atom. The number of nitrogens with zero attached hydrogens (tertiary/aromatic N) is 2. The molecule has 0 unspecified atom stereocenters. The number of hydrogen-bond donors (Lipinski definition) is 2. The summed E-state index contributed by atoms with van der Waals surface area (Å²) >= 11 is 0. The van der Waals surface area contributed by atoms with Crippen LogP contribution in [-0.2, 0) is 10.0 Å². The number of sulfonamides is 1. The monoisotopic (exact) mass is 468 g/mol. The molecule has 168 valence electrons. The van der Waals surface area contributed by atoms with Gasteiger partial charge in [-0.05, 0) is 60.7 Å². The number of aromatic nitrogens is 2. The number of methoxy groups -OCH3 is 1. The van der Waals surface area contributed by atoms with Gasteiger partial charge >= 0.3 is 6.01 Å². The smallest absolute Gasteiger partial charge is 0.322 e. The fourth-order valence-electron chi connectivity index (χ4n) is 2.88. The van der Waals surface area contributed by atoms with Gasteiger partial charge in [0.25, 0.3) is 15.9 Å². The maximum atomic E-state index is 13.1. The number of hydrogen-bond acceptors (Lipinski definition) is 7. The molecular weight excluding hydrogens is 451 g/mol. The van der Waals surface area contributed by atoms with E-state index < -0.39 is 21.7 Å². The lowest BCUT2D eigenvalue weighted by Gasteiger charge is -2.12. The number of para-hydroxylation sites is 1. The Morgan fingerprint density at radius 1 is 0.970 bits per heavy atom. The predicted octanol–water partition coefficient (Wildman–Crippen LogP) is 3.94. The van der Waals surface area contributed by atoms with Crippen molar-refractivity contribution < 1.29 is 26.8 Å². The Labute approximate surface area is 188 Å². The minimum absolute atomic E-state index is 0.000600. The van der Waals surface area contributed by atoms with Gasteiger partial charge in [0, 0.05) is 5.56 Å². The fourth-order valence-corrected chi connectivity index (χ4v) is 3.96. The predicted molar refractivity (Wildman–Crippen MR) is 118 cm³/mol. The minimum Gasteiger partial charge on any atom is -0.497 e. The molecule has 1 heterocycles. The molecular formula is C22H17FN4O5S. The van der Waals surface area contributed by atoms with Gasteiger partial charge in [-0.25, -0.2) is 12.8 Å². The zero-order chi connectivity index (χ0) is 23.4. The summed E-state index contributed by atoms with van der Waals surface area (Å²) in [6, 6.07) is 17.1. The quantitative estimate of drug-likeness (QED) is 0.421. The van der Waals surface area contributed by atoms with Crippen LogP contribution < -0.4 is 14.8 Å². The number of carbonyl (C=O) groups excluding carboxylic acids is 1. The number of nitrogens with one attached hydrogen (secondary N) is 2. The van der Waals surface area contributed by atoms with Gasteiger partial charge < -0.3 is 9.15 Å². The normalized spacial score (nSPS) is 11.1. The van der Waals surface area contributed by atoms with Crippen molar-refractivity contribution in [2.45, 2.75) is 4.90 Å². The summed E-state index contributed by atoms with van der Waals surface area (Å²) < 4.78 is 51.5. The zero-order valence-electron chi connectivity index (χ0n) is 17.2. The molecule has 1 aromatic heterocycles. The van der Waals surface area contributed by atoms with Gasteiger partial charge in [-0.1, -0.05) is 17.2 Å². The third-order valence-corrected chi connectivity index (χ3v) is 5.90. The van der Waals surface area contributed by atoms with E-state index in [0.29, 0.717) is 11.3 Å². The Hall–Kier alpha value is -4.25. The van der Waals surface area contributed by atoms with E-state index in [2.05, 4.69) is 20.2 Å². The lowest BCUT2D eigenvalue weighted by atomic mass is 10.2. The summed E-state index contributed by atoms with van der Waals surface area (Å²) in [4.78, 5) is 12.8. The third-order valence-electron chi connectivity index (χ3n) is 4.52. The Balaban J connectivity index is 1.53. The third kappa shape index (κ3) is 4.99. The van der Waals surface area contributed by atoms with Crippen molar-refractivity contribution in [2.75, 3.05) is 17.1 Å². The zero-order valence-corrected chi connectivity index (χ0v) is 18.0. The first-order valence-electron chi connectivity index (χ1n) is 9.52. The molecule has 0 spiro atoms. The Kier molecular flexibility index (Phi) is 6.05.